The number of aromatic amines is 1. The molecule has 0 aliphatic carbocycles. The topological polar surface area (TPSA) is 98.1 Å². The number of H-pyrrole nitrogens is 1. The van der Waals surface area contributed by atoms with Crippen molar-refractivity contribution in [2.45, 2.75) is 33.8 Å². The summed E-state index contributed by atoms with van der Waals surface area (Å²) in [5.74, 6) is -0.868. The van der Waals surface area contributed by atoms with Gasteiger partial charge in [-0.25, -0.2) is 9.78 Å². The van der Waals surface area contributed by atoms with E-state index in [0.29, 0.717) is 22.3 Å². The monoisotopic (exact) mass is 377 g/mol. The second-order valence-electron chi connectivity index (χ2n) is 6.84. The quantitative estimate of drug-likeness (QED) is 0.425. The first-order chi connectivity index (χ1) is 13.4. The molecule has 142 valence electrons. The van der Waals surface area contributed by atoms with Crippen LogP contribution in [0.3, 0.4) is 0 Å². The number of carbonyl (C=O) groups is 2. The number of nitrogens with zero attached hydrogens (tertiary/aromatic N) is 2. The van der Waals surface area contributed by atoms with Crippen molar-refractivity contribution in [1.29, 1.82) is 0 Å². The molecule has 3 heterocycles. The van der Waals surface area contributed by atoms with Crippen LogP contribution in [0.25, 0.3) is 22.0 Å². The van der Waals surface area contributed by atoms with Gasteiger partial charge in [0.05, 0.1) is 16.6 Å². The van der Waals surface area contributed by atoms with Crippen molar-refractivity contribution >= 4 is 33.8 Å². The van der Waals surface area contributed by atoms with Gasteiger partial charge in [-0.05, 0) is 39.8 Å². The number of hydrogen-bond donors (Lipinski definition) is 1. The van der Waals surface area contributed by atoms with E-state index in [1.54, 1.807) is 26.8 Å². The average molecular weight is 377 g/mol. The third kappa shape index (κ3) is 2.85. The Labute approximate surface area is 160 Å². The number of hydrogen-bond acceptors (Lipinski definition) is 6. The number of fused-ring (bicyclic) bond motifs is 2. The Hall–Kier alpha value is -3.48. The molecule has 0 saturated carbocycles. The van der Waals surface area contributed by atoms with E-state index in [2.05, 4.69) is 15.1 Å². The highest BCUT2D eigenvalue weighted by Gasteiger charge is 2.26. The Morgan fingerprint density at radius 1 is 1.18 bits per heavy atom. The van der Waals surface area contributed by atoms with Gasteiger partial charge in [-0.15, -0.1) is 0 Å². The molecule has 0 aliphatic rings. The van der Waals surface area contributed by atoms with Crippen LogP contribution in [0.1, 0.15) is 44.7 Å². The Morgan fingerprint density at radius 2 is 1.93 bits per heavy atom. The number of Topliss-reactive ketones (excluding diaryl/α,β-unsaturated/α-hetero) is 1. The second-order valence-corrected chi connectivity index (χ2v) is 6.84. The third-order valence-electron chi connectivity index (χ3n) is 4.76. The summed E-state index contributed by atoms with van der Waals surface area (Å²) in [5, 5.41) is 5.17. The summed E-state index contributed by atoms with van der Waals surface area (Å²) >= 11 is 0. The van der Waals surface area contributed by atoms with Gasteiger partial charge in [0, 0.05) is 27.9 Å². The summed E-state index contributed by atoms with van der Waals surface area (Å²) < 4.78 is 10.7. The van der Waals surface area contributed by atoms with Crippen LogP contribution in [0.5, 0.6) is 0 Å². The Kier molecular flexibility index (Phi) is 4.22. The summed E-state index contributed by atoms with van der Waals surface area (Å²) in [7, 11) is 0. The highest BCUT2D eigenvalue weighted by Crippen LogP contribution is 2.26. The predicted octanol–water partition coefficient (Wildman–Crippen LogP) is 4.06. The molecular formula is C21H19N3O4. The molecule has 0 saturated heterocycles. The number of para-hydroxylation sites is 1. The lowest BCUT2D eigenvalue weighted by molar-refractivity contribution is 0.0321. The first-order valence-corrected chi connectivity index (χ1v) is 8.93. The van der Waals surface area contributed by atoms with Crippen LogP contribution in [0.15, 0.2) is 34.9 Å². The number of aryl methyl sites for hydroxylation is 3. The molecular weight excluding hydrogens is 358 g/mol. The average Bonchev–Trinajstić information content (AvgIpc) is 3.19. The molecule has 0 fully saturated rings. The van der Waals surface area contributed by atoms with E-state index in [4.69, 9.17) is 9.26 Å². The number of rotatable bonds is 4. The van der Waals surface area contributed by atoms with Gasteiger partial charge in [0.1, 0.15) is 0 Å². The van der Waals surface area contributed by atoms with Crippen molar-refractivity contribution in [3.63, 3.8) is 0 Å². The van der Waals surface area contributed by atoms with Crippen molar-refractivity contribution in [3.8, 4) is 0 Å². The molecule has 1 unspecified atom stereocenters. The second kappa shape index (κ2) is 6.60. The minimum atomic E-state index is -0.950. The largest absolute Gasteiger partial charge is 0.451 e. The van der Waals surface area contributed by atoms with Gasteiger partial charge in [-0.2, -0.15) is 0 Å². The fourth-order valence-corrected chi connectivity index (χ4v) is 3.45. The molecule has 4 rings (SSSR count). The van der Waals surface area contributed by atoms with Crippen molar-refractivity contribution in [1.82, 2.24) is 15.1 Å². The molecule has 1 N–H and O–H groups in total. The molecule has 3 aromatic heterocycles. The van der Waals surface area contributed by atoms with E-state index in [0.717, 1.165) is 16.6 Å². The zero-order valence-corrected chi connectivity index (χ0v) is 16.0. The maximum Gasteiger partial charge on any atom is 0.339 e. The molecule has 7 heteroatoms. The lowest BCUT2D eigenvalue weighted by atomic mass is 10.0. The fourth-order valence-electron chi connectivity index (χ4n) is 3.45. The summed E-state index contributed by atoms with van der Waals surface area (Å²) in [6.45, 7) is 6.88. The fraction of sp³-hybridized carbons (Fsp3) is 0.238. The zero-order valence-electron chi connectivity index (χ0n) is 16.0. The molecule has 0 amide bonds. The molecule has 4 aromatic rings. The van der Waals surface area contributed by atoms with Crippen LogP contribution in [0.2, 0.25) is 0 Å². The minimum absolute atomic E-state index is 0.257. The normalized spacial score (nSPS) is 12.4. The number of benzene rings is 1. The first-order valence-electron chi connectivity index (χ1n) is 8.93. The Balaban J connectivity index is 1.66. The van der Waals surface area contributed by atoms with Gasteiger partial charge in [-0.3, -0.25) is 4.79 Å². The number of nitrogens with one attached hydrogen (secondary N) is 1. The molecule has 0 radical (unpaired) electrons. The summed E-state index contributed by atoms with van der Waals surface area (Å²) in [4.78, 5) is 33.3. The molecule has 0 spiro atoms. The van der Waals surface area contributed by atoms with Crippen molar-refractivity contribution in [2.24, 2.45) is 0 Å². The summed E-state index contributed by atoms with van der Waals surface area (Å²) in [6, 6.07) is 9.16. The van der Waals surface area contributed by atoms with Crippen molar-refractivity contribution in [3.05, 3.63) is 58.5 Å². The zero-order chi connectivity index (χ0) is 20.0. The highest BCUT2D eigenvalue weighted by molar-refractivity contribution is 6.12. The SMILES string of the molecule is Cc1cc(C(=O)OC(C)C(=O)c2c(C)[nH]c3ccccc23)c2c(C)noc2n1. The van der Waals surface area contributed by atoms with Crippen LogP contribution in [-0.4, -0.2) is 33.0 Å². The lowest BCUT2D eigenvalue weighted by Gasteiger charge is -2.13. The third-order valence-corrected chi connectivity index (χ3v) is 4.76. The number of ether oxygens (including phenoxy) is 1. The maximum absolute atomic E-state index is 13.0. The lowest BCUT2D eigenvalue weighted by Crippen LogP contribution is -2.25. The van der Waals surface area contributed by atoms with Gasteiger partial charge in [0.25, 0.3) is 5.71 Å². The van der Waals surface area contributed by atoms with Gasteiger partial charge in [-0.1, -0.05) is 23.4 Å². The number of carbonyl (C=O) groups excluding carboxylic acids is 2. The standard InChI is InChI=1S/C21H19N3O4/c1-10-9-15(18-12(3)24-28-20(18)22-10)21(26)27-13(4)19(25)17-11(2)23-16-8-6-5-7-14(16)17/h5-9,13,23H,1-4H3. The number of esters is 1. The number of ketones is 1. The molecule has 1 aromatic carbocycles. The smallest absolute Gasteiger partial charge is 0.339 e. The Bertz CT molecular complexity index is 1240. The number of pyridine rings is 1. The van der Waals surface area contributed by atoms with Gasteiger partial charge in [0.2, 0.25) is 5.78 Å². The van der Waals surface area contributed by atoms with Crippen LogP contribution in [0.4, 0.5) is 0 Å². The molecule has 0 aliphatic heterocycles. The van der Waals surface area contributed by atoms with E-state index in [9.17, 15) is 9.59 Å². The van der Waals surface area contributed by atoms with E-state index in [1.807, 2.05) is 31.2 Å². The maximum atomic E-state index is 13.0. The van der Waals surface area contributed by atoms with Gasteiger partial charge < -0.3 is 14.2 Å². The van der Waals surface area contributed by atoms with Crippen LogP contribution >= 0.6 is 0 Å². The highest BCUT2D eigenvalue weighted by atomic mass is 16.5. The van der Waals surface area contributed by atoms with Crippen molar-refractivity contribution in [2.75, 3.05) is 0 Å². The summed E-state index contributed by atoms with van der Waals surface area (Å²) in [6.07, 6.45) is -0.950. The van der Waals surface area contributed by atoms with E-state index in [1.165, 1.54) is 0 Å². The van der Waals surface area contributed by atoms with Crippen molar-refractivity contribution < 1.29 is 18.8 Å². The number of aromatic nitrogens is 3. The van der Waals surface area contributed by atoms with Gasteiger partial charge in [0.15, 0.2) is 6.10 Å². The molecule has 1 atom stereocenters. The summed E-state index contributed by atoms with van der Waals surface area (Å²) in [5.41, 5.74) is 3.85. The van der Waals surface area contributed by atoms with E-state index >= 15 is 0 Å². The Morgan fingerprint density at radius 3 is 2.71 bits per heavy atom. The molecule has 0 bridgehead atoms. The minimum Gasteiger partial charge on any atom is -0.451 e. The van der Waals surface area contributed by atoms with Gasteiger partial charge >= 0.3 is 5.97 Å². The molecule has 7 nitrogen and oxygen atoms in total. The predicted molar refractivity (Wildman–Crippen MR) is 104 cm³/mol. The van der Waals surface area contributed by atoms with E-state index < -0.39 is 12.1 Å². The molecule has 28 heavy (non-hydrogen) atoms. The van der Waals surface area contributed by atoms with Crippen LogP contribution in [-0.2, 0) is 4.74 Å². The van der Waals surface area contributed by atoms with E-state index in [-0.39, 0.29) is 17.1 Å². The first kappa shape index (κ1) is 17.9. The van der Waals surface area contributed by atoms with Crippen LogP contribution < -0.4 is 0 Å². The van der Waals surface area contributed by atoms with Crippen LogP contribution in [0, 0.1) is 20.8 Å².